The highest BCUT2D eigenvalue weighted by molar-refractivity contribution is 6.31. The summed E-state index contributed by atoms with van der Waals surface area (Å²) in [6, 6.07) is 6.04. The molecule has 1 aromatic carbocycles. The maximum atomic E-state index is 11.6. The van der Waals surface area contributed by atoms with Crippen molar-refractivity contribution in [2.45, 2.75) is 24.8 Å². The van der Waals surface area contributed by atoms with E-state index in [0.717, 1.165) is 63.5 Å². The molecular weight excluding hydrogens is 402 g/mol. The van der Waals surface area contributed by atoms with E-state index in [-0.39, 0.29) is 11.7 Å². The first-order chi connectivity index (χ1) is 14.5. The summed E-state index contributed by atoms with van der Waals surface area (Å²) in [4.78, 5) is 18.2. The molecule has 3 fully saturated rings. The quantitative estimate of drug-likeness (QED) is 0.743. The van der Waals surface area contributed by atoms with Gasteiger partial charge in [-0.1, -0.05) is 18.2 Å². The second kappa shape index (κ2) is 7.63. The van der Waals surface area contributed by atoms with Crippen molar-refractivity contribution in [3.63, 3.8) is 0 Å². The fourth-order valence-electron chi connectivity index (χ4n) is 4.39. The zero-order chi connectivity index (χ0) is 20.8. The SMILES string of the molecule is C=CC(=O)N1CC(N2CCN(c3ccn(-c4cc(C5CC5)c(Cl)cc4O)n3)CC2)C1. The van der Waals surface area contributed by atoms with Crippen molar-refractivity contribution >= 4 is 23.3 Å². The van der Waals surface area contributed by atoms with E-state index in [0.29, 0.717) is 22.7 Å². The normalized spacial score (nSPS) is 20.3. The van der Waals surface area contributed by atoms with Crippen molar-refractivity contribution in [1.29, 1.82) is 0 Å². The number of aromatic hydroxyl groups is 1. The summed E-state index contributed by atoms with van der Waals surface area (Å²) < 4.78 is 1.74. The summed E-state index contributed by atoms with van der Waals surface area (Å²) in [5.41, 5.74) is 1.77. The smallest absolute Gasteiger partial charge is 0.246 e. The summed E-state index contributed by atoms with van der Waals surface area (Å²) in [7, 11) is 0. The van der Waals surface area contributed by atoms with E-state index >= 15 is 0 Å². The Morgan fingerprint density at radius 1 is 1.20 bits per heavy atom. The highest BCUT2D eigenvalue weighted by atomic mass is 35.5. The van der Waals surface area contributed by atoms with Crippen molar-refractivity contribution in [1.82, 2.24) is 19.6 Å². The molecule has 1 saturated carbocycles. The number of rotatable bonds is 5. The predicted molar refractivity (Wildman–Crippen MR) is 117 cm³/mol. The first kappa shape index (κ1) is 19.5. The fraction of sp³-hybridized carbons (Fsp3) is 0.455. The van der Waals surface area contributed by atoms with Gasteiger partial charge in [0.25, 0.3) is 0 Å². The van der Waals surface area contributed by atoms with E-state index in [9.17, 15) is 9.90 Å². The molecule has 0 atom stereocenters. The molecule has 1 amide bonds. The van der Waals surface area contributed by atoms with Gasteiger partial charge in [0.15, 0.2) is 5.82 Å². The minimum absolute atomic E-state index is 0.0192. The number of carbonyl (C=O) groups is 1. The Hall–Kier alpha value is -2.51. The minimum Gasteiger partial charge on any atom is -0.506 e. The van der Waals surface area contributed by atoms with Gasteiger partial charge in [-0.05, 0) is 36.5 Å². The van der Waals surface area contributed by atoms with E-state index in [1.807, 2.05) is 23.2 Å². The van der Waals surface area contributed by atoms with Gasteiger partial charge in [-0.3, -0.25) is 9.69 Å². The van der Waals surface area contributed by atoms with Crippen LogP contribution in [0, 0.1) is 0 Å². The summed E-state index contributed by atoms with van der Waals surface area (Å²) in [6.45, 7) is 8.82. The summed E-state index contributed by atoms with van der Waals surface area (Å²) in [6.07, 6.45) is 5.58. The minimum atomic E-state index is 0.0192. The molecule has 3 heterocycles. The largest absolute Gasteiger partial charge is 0.506 e. The Morgan fingerprint density at radius 2 is 1.93 bits per heavy atom. The topological polar surface area (TPSA) is 64.8 Å². The number of halogens is 1. The maximum Gasteiger partial charge on any atom is 0.246 e. The number of amides is 1. The number of hydrogen-bond acceptors (Lipinski definition) is 5. The van der Waals surface area contributed by atoms with Crippen LogP contribution in [0.25, 0.3) is 5.69 Å². The van der Waals surface area contributed by atoms with Crippen LogP contribution in [0.2, 0.25) is 5.02 Å². The Labute approximate surface area is 181 Å². The number of phenols is 1. The molecule has 2 aliphatic heterocycles. The van der Waals surface area contributed by atoms with E-state index in [1.165, 1.54) is 6.08 Å². The average molecular weight is 428 g/mol. The van der Waals surface area contributed by atoms with Crippen LogP contribution in [-0.4, -0.2) is 75.9 Å². The molecule has 2 aromatic rings. The predicted octanol–water partition coefficient (Wildman–Crippen LogP) is 2.63. The van der Waals surface area contributed by atoms with Crippen LogP contribution in [0.3, 0.4) is 0 Å². The van der Waals surface area contributed by atoms with Gasteiger partial charge in [-0.15, -0.1) is 0 Å². The van der Waals surface area contributed by atoms with Crippen molar-refractivity contribution in [3.05, 3.63) is 47.6 Å². The van der Waals surface area contributed by atoms with Crippen molar-refractivity contribution in [2.75, 3.05) is 44.2 Å². The number of carbonyl (C=O) groups excluding carboxylic acids is 1. The van der Waals surface area contributed by atoms with Gasteiger partial charge in [0.1, 0.15) is 11.4 Å². The zero-order valence-corrected chi connectivity index (χ0v) is 17.6. The number of likely N-dealkylation sites (tertiary alicyclic amines) is 1. The highest BCUT2D eigenvalue weighted by Crippen LogP contribution is 2.45. The van der Waals surface area contributed by atoms with Crippen molar-refractivity contribution in [3.8, 4) is 11.4 Å². The lowest BCUT2D eigenvalue weighted by molar-refractivity contribution is -0.133. The van der Waals surface area contributed by atoms with Crippen LogP contribution in [0.4, 0.5) is 5.82 Å². The standard InChI is InChI=1S/C22H26ClN5O2/c1-2-22(30)27-13-16(14-27)25-7-9-26(10-8-25)21-5-6-28(24-21)19-11-17(15-3-4-15)18(23)12-20(19)29/h2,5-6,11-12,15-16,29H,1,3-4,7-10,13-14H2. The molecular formula is C22H26ClN5O2. The molecule has 0 spiro atoms. The maximum absolute atomic E-state index is 11.6. The summed E-state index contributed by atoms with van der Waals surface area (Å²) in [5.74, 6) is 1.58. The number of hydrogen-bond donors (Lipinski definition) is 1. The van der Waals surface area contributed by atoms with E-state index in [4.69, 9.17) is 16.7 Å². The average Bonchev–Trinajstić information content (AvgIpc) is 3.43. The molecule has 158 valence electrons. The first-order valence-corrected chi connectivity index (χ1v) is 10.9. The Bertz CT molecular complexity index is 972. The summed E-state index contributed by atoms with van der Waals surface area (Å²) >= 11 is 6.31. The van der Waals surface area contributed by atoms with Crippen LogP contribution >= 0.6 is 11.6 Å². The van der Waals surface area contributed by atoms with E-state index in [2.05, 4.69) is 16.4 Å². The lowest BCUT2D eigenvalue weighted by Crippen LogP contribution is -2.64. The van der Waals surface area contributed by atoms with Gasteiger partial charge in [0, 0.05) is 68.7 Å². The first-order valence-electron chi connectivity index (χ1n) is 10.5. The number of anilines is 1. The monoisotopic (exact) mass is 427 g/mol. The molecule has 0 bridgehead atoms. The molecule has 0 unspecified atom stereocenters. The number of piperazine rings is 1. The van der Waals surface area contributed by atoms with E-state index in [1.54, 1.807) is 10.7 Å². The molecule has 30 heavy (non-hydrogen) atoms. The van der Waals surface area contributed by atoms with Gasteiger partial charge >= 0.3 is 0 Å². The van der Waals surface area contributed by atoms with Crippen LogP contribution < -0.4 is 4.90 Å². The molecule has 1 aliphatic carbocycles. The van der Waals surface area contributed by atoms with E-state index < -0.39 is 0 Å². The third-order valence-electron chi connectivity index (χ3n) is 6.44. The van der Waals surface area contributed by atoms with Gasteiger partial charge in [-0.2, -0.15) is 5.10 Å². The fourth-order valence-corrected chi connectivity index (χ4v) is 4.70. The third kappa shape index (κ3) is 3.56. The summed E-state index contributed by atoms with van der Waals surface area (Å²) in [5, 5.41) is 15.8. The van der Waals surface area contributed by atoms with Crippen LogP contribution in [0.15, 0.2) is 37.1 Å². The van der Waals surface area contributed by atoms with Gasteiger partial charge in [-0.25, -0.2) is 4.68 Å². The number of phenolic OH excluding ortho intramolecular Hbond substituents is 1. The van der Waals surface area contributed by atoms with Crippen LogP contribution in [-0.2, 0) is 4.79 Å². The molecule has 5 rings (SSSR count). The Kier molecular flexibility index (Phi) is 4.95. The molecule has 8 heteroatoms. The van der Waals surface area contributed by atoms with Gasteiger partial charge in [0.05, 0.1) is 0 Å². The number of nitrogens with zero attached hydrogens (tertiary/aromatic N) is 5. The van der Waals surface area contributed by atoms with Gasteiger partial charge < -0.3 is 14.9 Å². The molecule has 7 nitrogen and oxygen atoms in total. The molecule has 1 N–H and O–H groups in total. The third-order valence-corrected chi connectivity index (χ3v) is 6.76. The van der Waals surface area contributed by atoms with Crippen LogP contribution in [0.1, 0.15) is 24.3 Å². The lowest BCUT2D eigenvalue weighted by Gasteiger charge is -2.47. The molecule has 0 radical (unpaired) electrons. The van der Waals surface area contributed by atoms with Gasteiger partial charge in [0.2, 0.25) is 5.91 Å². The lowest BCUT2D eigenvalue weighted by atomic mass is 10.1. The second-order valence-electron chi connectivity index (χ2n) is 8.38. The Balaban J connectivity index is 1.23. The number of benzene rings is 1. The number of aromatic nitrogens is 2. The van der Waals surface area contributed by atoms with Crippen molar-refractivity contribution < 1.29 is 9.90 Å². The van der Waals surface area contributed by atoms with Crippen LogP contribution in [0.5, 0.6) is 5.75 Å². The Morgan fingerprint density at radius 3 is 2.60 bits per heavy atom. The highest BCUT2D eigenvalue weighted by Gasteiger charge is 2.35. The molecule has 1 aromatic heterocycles. The zero-order valence-electron chi connectivity index (χ0n) is 16.9. The molecule has 2 saturated heterocycles. The van der Waals surface area contributed by atoms with Crippen molar-refractivity contribution in [2.24, 2.45) is 0 Å². The molecule has 3 aliphatic rings. The second-order valence-corrected chi connectivity index (χ2v) is 8.79.